The summed E-state index contributed by atoms with van der Waals surface area (Å²) in [5, 5.41) is 2.87. The van der Waals surface area contributed by atoms with E-state index in [0.717, 1.165) is 0 Å². The number of nitrogens with one attached hydrogen (secondary N) is 1. The molecule has 2 fully saturated rings. The predicted molar refractivity (Wildman–Crippen MR) is 74.5 cm³/mol. The van der Waals surface area contributed by atoms with Gasteiger partial charge in [0, 0.05) is 19.0 Å². The molecule has 4 nitrogen and oxygen atoms in total. The molecule has 1 heterocycles. The Balaban J connectivity index is 2.13. The van der Waals surface area contributed by atoms with Crippen LogP contribution in [0.1, 0.15) is 52.9 Å². The Hall–Kier alpha value is -1.06. The molecule has 0 aromatic heterocycles. The first kappa shape index (κ1) is 14.4. The van der Waals surface area contributed by atoms with Gasteiger partial charge in [0.05, 0.1) is 0 Å². The van der Waals surface area contributed by atoms with Crippen molar-refractivity contribution < 1.29 is 9.59 Å². The highest BCUT2D eigenvalue weighted by Gasteiger charge is 2.36. The monoisotopic (exact) mass is 266 g/mol. The first-order valence-corrected chi connectivity index (χ1v) is 7.60. The maximum absolute atomic E-state index is 12.6. The Morgan fingerprint density at radius 1 is 1.16 bits per heavy atom. The van der Waals surface area contributed by atoms with Gasteiger partial charge in [-0.2, -0.15) is 0 Å². The van der Waals surface area contributed by atoms with Crippen LogP contribution in [0, 0.1) is 11.8 Å². The Morgan fingerprint density at radius 2 is 1.79 bits per heavy atom. The van der Waals surface area contributed by atoms with Crippen LogP contribution in [0.15, 0.2) is 0 Å². The maximum Gasteiger partial charge on any atom is 0.245 e. The molecule has 1 aliphatic carbocycles. The zero-order valence-corrected chi connectivity index (χ0v) is 12.3. The van der Waals surface area contributed by atoms with Gasteiger partial charge in [0.2, 0.25) is 11.8 Å². The van der Waals surface area contributed by atoms with Gasteiger partial charge < -0.3 is 10.2 Å². The van der Waals surface area contributed by atoms with Crippen LogP contribution in [0.5, 0.6) is 0 Å². The number of amides is 2. The van der Waals surface area contributed by atoms with E-state index >= 15 is 0 Å². The molecule has 1 aliphatic heterocycles. The summed E-state index contributed by atoms with van der Waals surface area (Å²) in [4.78, 5) is 26.3. The summed E-state index contributed by atoms with van der Waals surface area (Å²) in [6.07, 6.45) is 5.44. The normalized spacial score (nSPS) is 27.6. The number of nitrogens with zero attached hydrogens (tertiary/aromatic N) is 1. The maximum atomic E-state index is 12.6. The van der Waals surface area contributed by atoms with Crippen molar-refractivity contribution in [2.75, 3.05) is 6.54 Å². The van der Waals surface area contributed by atoms with Gasteiger partial charge in [-0.15, -0.1) is 0 Å². The van der Waals surface area contributed by atoms with Gasteiger partial charge in [-0.3, -0.25) is 9.59 Å². The summed E-state index contributed by atoms with van der Waals surface area (Å²) < 4.78 is 0. The molecule has 2 unspecified atom stereocenters. The van der Waals surface area contributed by atoms with Gasteiger partial charge in [-0.25, -0.2) is 0 Å². The van der Waals surface area contributed by atoms with E-state index in [1.54, 1.807) is 0 Å². The molecule has 2 amide bonds. The Bertz CT molecular complexity index is 348. The molecule has 4 heteroatoms. The molecule has 108 valence electrons. The molecule has 1 N–H and O–H groups in total. The van der Waals surface area contributed by atoms with Gasteiger partial charge >= 0.3 is 0 Å². The molecule has 0 spiro atoms. The molecular weight excluding hydrogens is 240 g/mol. The van der Waals surface area contributed by atoms with Crippen molar-refractivity contribution in [2.45, 2.75) is 65.0 Å². The molecule has 1 saturated carbocycles. The molecule has 2 rings (SSSR count). The molecule has 2 atom stereocenters. The minimum Gasteiger partial charge on any atom is -0.344 e. The van der Waals surface area contributed by atoms with E-state index in [2.05, 4.69) is 12.2 Å². The zero-order chi connectivity index (χ0) is 14.0. The lowest BCUT2D eigenvalue weighted by Crippen LogP contribution is -2.51. The van der Waals surface area contributed by atoms with Gasteiger partial charge in [-0.05, 0) is 31.6 Å². The standard InChI is InChI=1S/C15H26N2O2/c1-10(2)14-15(19)17(9-8-13(18)16-14)11(3)12-6-4-5-7-12/h10-12,14H,4-9H2,1-3H3,(H,16,18). The van der Waals surface area contributed by atoms with Gasteiger partial charge in [0.1, 0.15) is 6.04 Å². The fourth-order valence-electron chi connectivity index (χ4n) is 3.37. The third-order valence-electron chi connectivity index (χ3n) is 4.69. The average Bonchev–Trinajstić information content (AvgIpc) is 2.84. The second kappa shape index (κ2) is 5.93. The molecular formula is C15H26N2O2. The average molecular weight is 266 g/mol. The molecule has 0 bridgehead atoms. The predicted octanol–water partition coefficient (Wildman–Crippen LogP) is 1.94. The summed E-state index contributed by atoms with van der Waals surface area (Å²) in [6, 6.07) is -0.0807. The molecule has 0 aromatic carbocycles. The van der Waals surface area contributed by atoms with Crippen molar-refractivity contribution in [1.29, 1.82) is 0 Å². The van der Waals surface area contributed by atoms with Crippen LogP contribution < -0.4 is 5.32 Å². The Labute approximate surface area is 115 Å². The van der Waals surface area contributed by atoms with Crippen LogP contribution in [-0.4, -0.2) is 35.3 Å². The quantitative estimate of drug-likeness (QED) is 0.848. The van der Waals surface area contributed by atoms with Crippen LogP contribution >= 0.6 is 0 Å². The number of carbonyl (C=O) groups excluding carboxylic acids is 2. The van der Waals surface area contributed by atoms with E-state index in [-0.39, 0.29) is 29.8 Å². The summed E-state index contributed by atoms with van der Waals surface area (Å²) >= 11 is 0. The van der Waals surface area contributed by atoms with Crippen molar-refractivity contribution in [3.8, 4) is 0 Å². The summed E-state index contributed by atoms with van der Waals surface area (Å²) in [5.41, 5.74) is 0. The largest absolute Gasteiger partial charge is 0.344 e. The highest BCUT2D eigenvalue weighted by molar-refractivity contribution is 5.90. The third kappa shape index (κ3) is 3.10. The molecule has 1 saturated heterocycles. The minimum atomic E-state index is -0.348. The van der Waals surface area contributed by atoms with Crippen molar-refractivity contribution >= 4 is 11.8 Å². The number of hydrogen-bond acceptors (Lipinski definition) is 2. The van der Waals surface area contributed by atoms with Crippen molar-refractivity contribution in [1.82, 2.24) is 10.2 Å². The van der Waals surface area contributed by atoms with Gasteiger partial charge in [0.15, 0.2) is 0 Å². The first-order valence-electron chi connectivity index (χ1n) is 7.60. The zero-order valence-electron chi connectivity index (χ0n) is 12.3. The third-order valence-corrected chi connectivity index (χ3v) is 4.69. The smallest absolute Gasteiger partial charge is 0.245 e. The van der Waals surface area contributed by atoms with Gasteiger partial charge in [0.25, 0.3) is 0 Å². The van der Waals surface area contributed by atoms with E-state index in [4.69, 9.17) is 0 Å². The summed E-state index contributed by atoms with van der Waals surface area (Å²) in [7, 11) is 0. The Morgan fingerprint density at radius 3 is 2.37 bits per heavy atom. The van der Waals surface area contributed by atoms with E-state index in [9.17, 15) is 9.59 Å². The fraction of sp³-hybridized carbons (Fsp3) is 0.867. The lowest BCUT2D eigenvalue weighted by atomic mass is 9.96. The number of carbonyl (C=O) groups is 2. The topological polar surface area (TPSA) is 49.4 Å². The number of hydrogen-bond donors (Lipinski definition) is 1. The Kier molecular flexibility index (Phi) is 4.48. The SMILES string of the molecule is CC(C)C1NC(=O)CCN(C(C)C2CCCC2)C1=O. The first-order chi connectivity index (χ1) is 9.00. The van der Waals surface area contributed by atoms with Crippen LogP contribution in [-0.2, 0) is 9.59 Å². The molecule has 0 aromatic rings. The van der Waals surface area contributed by atoms with E-state index in [1.165, 1.54) is 25.7 Å². The lowest BCUT2D eigenvalue weighted by molar-refractivity contribution is -0.137. The van der Waals surface area contributed by atoms with Crippen molar-refractivity contribution in [3.63, 3.8) is 0 Å². The van der Waals surface area contributed by atoms with Crippen molar-refractivity contribution in [2.24, 2.45) is 11.8 Å². The van der Waals surface area contributed by atoms with E-state index in [1.807, 2.05) is 18.7 Å². The highest BCUT2D eigenvalue weighted by atomic mass is 16.2. The van der Waals surface area contributed by atoms with Crippen molar-refractivity contribution in [3.05, 3.63) is 0 Å². The second-order valence-corrected chi connectivity index (χ2v) is 6.36. The summed E-state index contributed by atoms with van der Waals surface area (Å²) in [6.45, 7) is 6.71. The van der Waals surface area contributed by atoms with Crippen LogP contribution in [0.4, 0.5) is 0 Å². The highest BCUT2D eigenvalue weighted by Crippen LogP contribution is 2.31. The van der Waals surface area contributed by atoms with Crippen LogP contribution in [0.2, 0.25) is 0 Å². The summed E-state index contributed by atoms with van der Waals surface area (Å²) in [5.74, 6) is 0.881. The second-order valence-electron chi connectivity index (χ2n) is 6.36. The molecule has 19 heavy (non-hydrogen) atoms. The van der Waals surface area contributed by atoms with E-state index < -0.39 is 0 Å². The molecule has 2 aliphatic rings. The van der Waals surface area contributed by atoms with Crippen LogP contribution in [0.3, 0.4) is 0 Å². The lowest BCUT2D eigenvalue weighted by Gasteiger charge is -2.34. The fourth-order valence-corrected chi connectivity index (χ4v) is 3.37. The minimum absolute atomic E-state index is 0.00757. The van der Waals surface area contributed by atoms with Gasteiger partial charge in [-0.1, -0.05) is 26.7 Å². The molecule has 0 radical (unpaired) electrons. The van der Waals surface area contributed by atoms with Crippen LogP contribution in [0.25, 0.3) is 0 Å². The van der Waals surface area contributed by atoms with E-state index in [0.29, 0.717) is 18.9 Å². The number of rotatable bonds is 3.